The molecule has 18 heavy (non-hydrogen) atoms. The average molecular weight is 292 g/mol. The fourth-order valence-electron chi connectivity index (χ4n) is 1.84. The first kappa shape index (κ1) is 18.3. The van der Waals surface area contributed by atoms with Crippen molar-refractivity contribution in [2.24, 2.45) is 0 Å². The van der Waals surface area contributed by atoms with E-state index in [1.54, 1.807) is 14.2 Å². The van der Waals surface area contributed by atoms with Crippen molar-refractivity contribution >= 4 is 17.5 Å². The highest BCUT2D eigenvalue weighted by Gasteiger charge is 2.38. The monoisotopic (exact) mass is 291 g/mol. The Labute approximate surface area is 117 Å². The van der Waals surface area contributed by atoms with Gasteiger partial charge in [-0.05, 0) is 31.1 Å². The minimum Gasteiger partial charge on any atom is -0.400 e. The fourth-order valence-corrected chi connectivity index (χ4v) is 4.99. The van der Waals surface area contributed by atoms with Crippen LogP contribution in [0.15, 0.2) is 0 Å². The van der Waals surface area contributed by atoms with E-state index in [0.717, 1.165) is 6.04 Å². The van der Waals surface area contributed by atoms with Crippen LogP contribution in [-0.2, 0) is 8.85 Å². The number of hydrogen-bond acceptors (Lipinski definition) is 3. The molecule has 0 radical (unpaired) electrons. The van der Waals surface area contributed by atoms with Gasteiger partial charge in [0.1, 0.15) is 8.24 Å². The highest BCUT2D eigenvalue weighted by Crippen LogP contribution is 2.37. The number of hydrogen-bond donors (Lipinski definition) is 0. The summed E-state index contributed by atoms with van der Waals surface area (Å²) >= 11 is 0. The number of rotatable bonds is 8. The van der Waals surface area contributed by atoms with Crippen molar-refractivity contribution in [3.05, 3.63) is 0 Å². The summed E-state index contributed by atoms with van der Waals surface area (Å²) in [5.74, 6) is 0. The molecule has 0 aliphatic carbocycles. The van der Waals surface area contributed by atoms with E-state index in [1.165, 1.54) is 19.4 Å². The lowest BCUT2D eigenvalue weighted by Gasteiger charge is -2.44. The van der Waals surface area contributed by atoms with Crippen molar-refractivity contribution in [3.63, 3.8) is 0 Å². The second-order valence-electron chi connectivity index (χ2n) is 6.63. The quantitative estimate of drug-likeness (QED) is 0.506. The molecule has 0 amide bonds. The third-order valence-corrected chi connectivity index (χ3v) is 12.2. The summed E-state index contributed by atoms with van der Waals surface area (Å²) in [4.78, 5) is 0. The van der Waals surface area contributed by atoms with Gasteiger partial charge in [-0.3, -0.25) is 0 Å². The van der Waals surface area contributed by atoms with E-state index in [4.69, 9.17) is 8.85 Å². The van der Waals surface area contributed by atoms with Crippen molar-refractivity contribution < 1.29 is 8.85 Å². The van der Waals surface area contributed by atoms with Crippen LogP contribution in [0.3, 0.4) is 0 Å². The van der Waals surface area contributed by atoms with E-state index in [1.807, 2.05) is 0 Å². The Hall–Kier alpha value is 0.314. The van der Waals surface area contributed by atoms with Gasteiger partial charge >= 0.3 is 9.28 Å². The molecule has 0 saturated carbocycles. The molecule has 0 heterocycles. The molecule has 0 saturated heterocycles. The summed E-state index contributed by atoms with van der Waals surface area (Å²) in [5, 5.41) is 0.429. The third kappa shape index (κ3) is 5.53. The Balaban J connectivity index is 4.01. The lowest BCUT2D eigenvalue weighted by atomic mass is 10.2. The maximum absolute atomic E-state index is 5.34. The zero-order valence-electron chi connectivity index (χ0n) is 13.7. The zero-order chi connectivity index (χ0) is 14.4. The van der Waals surface area contributed by atoms with E-state index in [9.17, 15) is 0 Å². The van der Waals surface area contributed by atoms with Gasteiger partial charge in [-0.2, -0.15) is 0 Å². The molecule has 3 nitrogen and oxygen atoms in total. The van der Waals surface area contributed by atoms with Crippen molar-refractivity contribution in [1.82, 2.24) is 4.57 Å². The van der Waals surface area contributed by atoms with Crippen molar-refractivity contribution in [1.29, 1.82) is 0 Å². The molecular formula is C13H33NO2Si2. The Morgan fingerprint density at radius 2 is 1.56 bits per heavy atom. The lowest BCUT2D eigenvalue weighted by Crippen LogP contribution is -2.53. The maximum Gasteiger partial charge on any atom is 0.320 e. The van der Waals surface area contributed by atoms with Crippen LogP contribution in [0.25, 0.3) is 0 Å². The summed E-state index contributed by atoms with van der Waals surface area (Å²) in [5.41, 5.74) is 0. The van der Waals surface area contributed by atoms with Gasteiger partial charge in [0.2, 0.25) is 0 Å². The van der Waals surface area contributed by atoms with E-state index in [2.05, 4.69) is 45.5 Å². The first-order chi connectivity index (χ1) is 8.16. The molecule has 0 atom stereocenters. The largest absolute Gasteiger partial charge is 0.400 e. The number of nitrogens with zero attached hydrogens (tertiary/aromatic N) is 1. The Morgan fingerprint density at radius 1 is 1.06 bits per heavy atom. The molecular weight excluding hydrogens is 258 g/mol. The molecule has 0 aromatic heterocycles. The second-order valence-corrected chi connectivity index (χ2v) is 14.4. The fraction of sp³-hybridized carbons (Fsp3) is 1.00. The van der Waals surface area contributed by atoms with Crippen LogP contribution >= 0.6 is 0 Å². The summed E-state index contributed by atoms with van der Waals surface area (Å²) in [7, 11) is 3.17. The van der Waals surface area contributed by atoms with Gasteiger partial charge in [-0.25, -0.2) is 0 Å². The van der Waals surface area contributed by atoms with Crippen molar-refractivity contribution in [2.45, 2.75) is 57.8 Å². The molecule has 0 bridgehead atoms. The molecule has 0 N–H and O–H groups in total. The van der Waals surface area contributed by atoms with Crippen LogP contribution in [-0.4, -0.2) is 49.9 Å². The van der Waals surface area contributed by atoms with Crippen molar-refractivity contribution in [2.75, 3.05) is 27.8 Å². The minimum absolute atomic E-state index is 0.429. The van der Waals surface area contributed by atoms with Crippen LogP contribution in [0.4, 0.5) is 0 Å². The third-order valence-electron chi connectivity index (χ3n) is 4.50. The molecule has 5 heteroatoms. The molecule has 0 spiro atoms. The maximum atomic E-state index is 5.34. The van der Waals surface area contributed by atoms with Crippen LogP contribution in [0, 0.1) is 0 Å². The molecule has 0 aliphatic rings. The van der Waals surface area contributed by atoms with Crippen LogP contribution in [0.2, 0.25) is 24.2 Å². The van der Waals surface area contributed by atoms with E-state index >= 15 is 0 Å². The summed E-state index contributed by atoms with van der Waals surface area (Å²) in [6.07, 6.45) is 2.47. The average Bonchev–Trinajstić information content (AvgIpc) is 2.27. The number of unbranched alkanes of at least 4 members (excludes halogenated alkanes) is 1. The molecule has 0 rings (SSSR count). The molecule has 0 fully saturated rings. The van der Waals surface area contributed by atoms with E-state index in [0.29, 0.717) is 5.04 Å². The van der Waals surface area contributed by atoms with Gasteiger partial charge in [-0.1, -0.05) is 40.3 Å². The highest BCUT2D eigenvalue weighted by molar-refractivity contribution is 6.77. The summed E-state index contributed by atoms with van der Waals surface area (Å²) < 4.78 is 13.3. The summed E-state index contributed by atoms with van der Waals surface area (Å²) in [6, 6.07) is 1.12. The SMILES string of the molecule is CO[SiH](CCCCN(C)[Si](C)(C)C(C)(C)C)OC. The first-order valence-electron chi connectivity index (χ1n) is 6.93. The first-order valence-corrected chi connectivity index (χ1v) is 11.6. The van der Waals surface area contributed by atoms with E-state index < -0.39 is 17.5 Å². The van der Waals surface area contributed by atoms with Crippen LogP contribution in [0.1, 0.15) is 33.6 Å². The standard InChI is InChI=1S/C13H33NO2Si2/c1-13(2,3)18(7,8)14(4)11-9-10-12-17(15-5)16-6/h17H,9-12H2,1-8H3. The van der Waals surface area contributed by atoms with Gasteiger partial charge in [0.25, 0.3) is 0 Å². The Bertz CT molecular complexity index is 226. The predicted octanol–water partition coefficient (Wildman–Crippen LogP) is 3.22. The normalized spacial score (nSPS) is 13.7. The predicted molar refractivity (Wildman–Crippen MR) is 85.0 cm³/mol. The lowest BCUT2D eigenvalue weighted by molar-refractivity contribution is 0.275. The zero-order valence-corrected chi connectivity index (χ0v) is 15.8. The van der Waals surface area contributed by atoms with Gasteiger partial charge in [-0.15, -0.1) is 0 Å². The van der Waals surface area contributed by atoms with Crippen LogP contribution < -0.4 is 0 Å². The Morgan fingerprint density at radius 3 is 1.94 bits per heavy atom. The molecule has 0 aromatic carbocycles. The van der Waals surface area contributed by atoms with Gasteiger partial charge < -0.3 is 13.4 Å². The molecule has 110 valence electrons. The molecule has 0 unspecified atom stereocenters. The van der Waals surface area contributed by atoms with Crippen molar-refractivity contribution in [3.8, 4) is 0 Å². The minimum atomic E-state index is -1.34. The topological polar surface area (TPSA) is 21.7 Å². The van der Waals surface area contributed by atoms with E-state index in [-0.39, 0.29) is 0 Å². The van der Waals surface area contributed by atoms with Gasteiger partial charge in [0, 0.05) is 14.2 Å². The van der Waals surface area contributed by atoms with Crippen LogP contribution in [0.5, 0.6) is 0 Å². The highest BCUT2D eigenvalue weighted by atomic mass is 28.3. The van der Waals surface area contributed by atoms with Gasteiger partial charge in [0.15, 0.2) is 0 Å². The second kappa shape index (κ2) is 7.79. The van der Waals surface area contributed by atoms with Gasteiger partial charge in [0.05, 0.1) is 0 Å². The molecule has 0 aliphatic heterocycles. The summed E-state index contributed by atoms with van der Waals surface area (Å²) in [6.45, 7) is 13.2. The Kier molecular flexibility index (Phi) is 7.93. The molecule has 0 aromatic rings. The smallest absolute Gasteiger partial charge is 0.320 e.